The third kappa shape index (κ3) is 2.96. The van der Waals surface area contributed by atoms with E-state index in [1.165, 1.54) is 25.0 Å². The van der Waals surface area contributed by atoms with Gasteiger partial charge in [0.1, 0.15) is 11.5 Å². The largest absolute Gasteiger partial charge is 0.464 e. The Morgan fingerprint density at radius 3 is 3.00 bits per heavy atom. The van der Waals surface area contributed by atoms with E-state index in [2.05, 4.69) is 24.4 Å². The van der Waals surface area contributed by atoms with Gasteiger partial charge in [0.05, 0.1) is 6.54 Å². The third-order valence-corrected chi connectivity index (χ3v) is 4.21. The molecule has 100 valence electrons. The van der Waals surface area contributed by atoms with Gasteiger partial charge in [0.15, 0.2) is 0 Å². The average Bonchev–Trinajstić information content (AvgIpc) is 2.86. The quantitative estimate of drug-likeness (QED) is 0.787. The number of hydrogen-bond donors (Lipinski definition) is 1. The maximum atomic E-state index is 5.86. The molecule has 0 aromatic carbocycles. The van der Waals surface area contributed by atoms with E-state index in [4.69, 9.17) is 9.15 Å². The summed E-state index contributed by atoms with van der Waals surface area (Å²) in [6.45, 7) is 6.10. The lowest BCUT2D eigenvalue weighted by atomic mass is 10.1. The van der Waals surface area contributed by atoms with E-state index >= 15 is 0 Å². The molecule has 1 aromatic rings. The highest BCUT2D eigenvalue weighted by Crippen LogP contribution is 2.47. The van der Waals surface area contributed by atoms with Gasteiger partial charge in [-0.2, -0.15) is 0 Å². The molecule has 0 bridgehead atoms. The van der Waals surface area contributed by atoms with Crippen molar-refractivity contribution in [1.82, 2.24) is 5.32 Å². The summed E-state index contributed by atoms with van der Waals surface area (Å²) < 4.78 is 11.2. The van der Waals surface area contributed by atoms with E-state index in [0.717, 1.165) is 43.9 Å². The van der Waals surface area contributed by atoms with Crippen LogP contribution in [0.15, 0.2) is 16.5 Å². The van der Waals surface area contributed by atoms with Crippen molar-refractivity contribution >= 4 is 0 Å². The molecule has 3 atom stereocenters. The van der Waals surface area contributed by atoms with Gasteiger partial charge in [-0.25, -0.2) is 0 Å². The Bertz CT molecular complexity index is 382. The summed E-state index contributed by atoms with van der Waals surface area (Å²) in [5.74, 6) is 4.53. The van der Waals surface area contributed by atoms with E-state index in [1.54, 1.807) is 0 Å². The van der Waals surface area contributed by atoms with E-state index in [-0.39, 0.29) is 0 Å². The van der Waals surface area contributed by atoms with E-state index in [0.29, 0.717) is 5.92 Å². The Hall–Kier alpha value is -0.800. The molecule has 3 heteroatoms. The normalized spacial score (nSPS) is 30.8. The molecule has 0 amide bonds. The van der Waals surface area contributed by atoms with Crippen molar-refractivity contribution in [1.29, 1.82) is 0 Å². The zero-order valence-corrected chi connectivity index (χ0v) is 11.2. The molecule has 2 aliphatic rings. The summed E-state index contributed by atoms with van der Waals surface area (Å²) >= 11 is 0. The molecule has 3 nitrogen and oxygen atoms in total. The summed E-state index contributed by atoms with van der Waals surface area (Å²) in [4.78, 5) is 0. The molecule has 1 aromatic heterocycles. The van der Waals surface area contributed by atoms with Gasteiger partial charge in [0.2, 0.25) is 0 Å². The van der Waals surface area contributed by atoms with Crippen molar-refractivity contribution < 1.29 is 9.15 Å². The van der Waals surface area contributed by atoms with Crippen LogP contribution in [0, 0.1) is 11.8 Å². The van der Waals surface area contributed by atoms with Gasteiger partial charge in [0.25, 0.3) is 0 Å². The maximum absolute atomic E-state index is 5.86. The predicted octanol–water partition coefficient (Wildman–Crippen LogP) is 2.92. The monoisotopic (exact) mass is 249 g/mol. The van der Waals surface area contributed by atoms with Gasteiger partial charge in [-0.05, 0) is 49.8 Å². The third-order valence-electron chi connectivity index (χ3n) is 4.21. The molecule has 2 fully saturated rings. The van der Waals surface area contributed by atoms with Crippen molar-refractivity contribution in [3.05, 3.63) is 23.7 Å². The Labute approximate surface area is 109 Å². The number of furan rings is 1. The lowest BCUT2D eigenvalue weighted by Gasteiger charge is -2.07. The van der Waals surface area contributed by atoms with Crippen molar-refractivity contribution in [2.24, 2.45) is 11.8 Å². The molecule has 3 rings (SSSR count). The Balaban J connectivity index is 1.36. The highest BCUT2D eigenvalue weighted by molar-refractivity contribution is 5.17. The fourth-order valence-corrected chi connectivity index (χ4v) is 2.74. The van der Waals surface area contributed by atoms with Crippen LogP contribution in [-0.4, -0.2) is 19.8 Å². The predicted molar refractivity (Wildman–Crippen MR) is 70.5 cm³/mol. The summed E-state index contributed by atoms with van der Waals surface area (Å²) in [7, 11) is 0. The van der Waals surface area contributed by atoms with Crippen LogP contribution >= 0.6 is 0 Å². The van der Waals surface area contributed by atoms with Gasteiger partial charge >= 0.3 is 0 Å². The molecule has 1 saturated carbocycles. The number of rotatable bonds is 6. The van der Waals surface area contributed by atoms with Gasteiger partial charge in [-0.1, -0.05) is 6.92 Å². The van der Waals surface area contributed by atoms with Gasteiger partial charge in [0, 0.05) is 19.1 Å². The molecule has 1 aliphatic heterocycles. The molecule has 1 saturated heterocycles. The molecular formula is C15H23NO2. The fourth-order valence-electron chi connectivity index (χ4n) is 2.74. The second kappa shape index (κ2) is 5.45. The average molecular weight is 249 g/mol. The molecule has 1 aliphatic carbocycles. The van der Waals surface area contributed by atoms with Crippen LogP contribution in [0.3, 0.4) is 0 Å². The molecule has 0 radical (unpaired) electrons. The van der Waals surface area contributed by atoms with Crippen LogP contribution in [0.4, 0.5) is 0 Å². The summed E-state index contributed by atoms with van der Waals surface area (Å²) in [6, 6.07) is 4.27. The molecule has 1 N–H and O–H groups in total. The summed E-state index contributed by atoms with van der Waals surface area (Å²) in [5, 5.41) is 3.46. The van der Waals surface area contributed by atoms with Crippen LogP contribution in [-0.2, 0) is 11.3 Å². The van der Waals surface area contributed by atoms with Gasteiger partial charge in [-0.3, -0.25) is 0 Å². The van der Waals surface area contributed by atoms with Gasteiger partial charge < -0.3 is 14.5 Å². The summed E-state index contributed by atoms with van der Waals surface area (Å²) in [6.07, 6.45) is 3.74. The molecule has 3 unspecified atom stereocenters. The lowest BCUT2D eigenvalue weighted by molar-refractivity contribution is 0.184. The topological polar surface area (TPSA) is 34.4 Å². The van der Waals surface area contributed by atoms with Crippen LogP contribution in [0.1, 0.15) is 43.6 Å². The van der Waals surface area contributed by atoms with Crippen LogP contribution in [0.25, 0.3) is 0 Å². The van der Waals surface area contributed by atoms with E-state index < -0.39 is 0 Å². The maximum Gasteiger partial charge on any atom is 0.117 e. The standard InChI is InChI=1S/C15H23NO2/c1-11-8-14(11)15-3-2-13(18-15)9-16-6-4-12-5-7-17-10-12/h2-3,11-12,14,16H,4-10H2,1H3. The number of ether oxygens (including phenoxy) is 1. The minimum atomic E-state index is 0.689. The van der Waals surface area contributed by atoms with Crippen LogP contribution in [0.2, 0.25) is 0 Å². The zero-order chi connectivity index (χ0) is 12.4. The second-order valence-corrected chi connectivity index (χ2v) is 5.82. The van der Waals surface area contributed by atoms with Crippen LogP contribution < -0.4 is 5.32 Å². The van der Waals surface area contributed by atoms with E-state index in [1.807, 2.05) is 0 Å². The number of nitrogens with one attached hydrogen (secondary N) is 1. The van der Waals surface area contributed by atoms with Crippen molar-refractivity contribution in [2.45, 2.75) is 38.6 Å². The molecule has 0 spiro atoms. The first kappa shape index (κ1) is 12.2. The first-order chi connectivity index (χ1) is 8.83. The van der Waals surface area contributed by atoms with Crippen LogP contribution in [0.5, 0.6) is 0 Å². The minimum absolute atomic E-state index is 0.689. The smallest absolute Gasteiger partial charge is 0.117 e. The van der Waals surface area contributed by atoms with Crippen molar-refractivity contribution in [2.75, 3.05) is 19.8 Å². The first-order valence-corrected chi connectivity index (χ1v) is 7.20. The summed E-state index contributed by atoms with van der Waals surface area (Å²) in [5.41, 5.74) is 0. The Morgan fingerprint density at radius 2 is 2.28 bits per heavy atom. The SMILES string of the molecule is CC1CC1c1ccc(CNCCC2CCOC2)o1. The highest BCUT2D eigenvalue weighted by atomic mass is 16.5. The van der Waals surface area contributed by atoms with Crippen molar-refractivity contribution in [3.8, 4) is 0 Å². The fraction of sp³-hybridized carbons (Fsp3) is 0.733. The minimum Gasteiger partial charge on any atom is -0.464 e. The molecule has 18 heavy (non-hydrogen) atoms. The van der Waals surface area contributed by atoms with E-state index in [9.17, 15) is 0 Å². The molecular weight excluding hydrogens is 226 g/mol. The Kier molecular flexibility index (Phi) is 3.71. The van der Waals surface area contributed by atoms with Gasteiger partial charge in [-0.15, -0.1) is 0 Å². The first-order valence-electron chi connectivity index (χ1n) is 7.20. The highest BCUT2D eigenvalue weighted by Gasteiger charge is 2.36. The Morgan fingerprint density at radius 1 is 1.39 bits per heavy atom. The molecule has 2 heterocycles. The van der Waals surface area contributed by atoms with Crippen molar-refractivity contribution in [3.63, 3.8) is 0 Å². The lowest BCUT2D eigenvalue weighted by Crippen LogP contribution is -2.17. The second-order valence-electron chi connectivity index (χ2n) is 5.82. The zero-order valence-electron chi connectivity index (χ0n) is 11.2. The number of hydrogen-bond acceptors (Lipinski definition) is 3.